The van der Waals surface area contributed by atoms with Crippen LogP contribution in [0.25, 0.3) is 0 Å². The topological polar surface area (TPSA) is 63.8 Å². The van der Waals surface area contributed by atoms with E-state index in [0.717, 1.165) is 18.3 Å². The molecule has 0 saturated heterocycles. The van der Waals surface area contributed by atoms with Gasteiger partial charge in [-0.2, -0.15) is 18.2 Å². The largest absolute Gasteiger partial charge is 0.418 e. The summed E-state index contributed by atoms with van der Waals surface area (Å²) in [6.07, 6.45) is -3.89. The molecule has 0 aliphatic carbocycles. The second-order valence-electron chi connectivity index (χ2n) is 3.74. The predicted molar refractivity (Wildman–Crippen MR) is 66.1 cm³/mol. The van der Waals surface area contributed by atoms with Gasteiger partial charge in [0.1, 0.15) is 0 Å². The number of nitrogens with two attached hydrogens (primary N) is 1. The Hall–Kier alpha value is -2.09. The molecular formula is C11H7ClF4N4. The Morgan fingerprint density at radius 3 is 2.60 bits per heavy atom. The lowest BCUT2D eigenvalue weighted by Gasteiger charge is -2.14. The number of anilines is 3. The van der Waals surface area contributed by atoms with Crippen LogP contribution in [0.1, 0.15) is 5.56 Å². The molecular weight excluding hydrogens is 300 g/mol. The van der Waals surface area contributed by atoms with Crippen LogP contribution in [0.2, 0.25) is 5.02 Å². The number of alkyl halides is 3. The number of benzene rings is 1. The second kappa shape index (κ2) is 5.12. The number of hydrogen-bond acceptors (Lipinski definition) is 4. The van der Waals surface area contributed by atoms with Crippen molar-refractivity contribution in [1.82, 2.24) is 9.97 Å². The minimum absolute atomic E-state index is 0.0921. The maximum atomic E-state index is 13.4. The van der Waals surface area contributed by atoms with Crippen LogP contribution >= 0.6 is 11.6 Å². The van der Waals surface area contributed by atoms with E-state index in [-0.39, 0.29) is 16.7 Å². The minimum atomic E-state index is -4.65. The third-order valence-electron chi connectivity index (χ3n) is 2.30. The van der Waals surface area contributed by atoms with Crippen LogP contribution in [-0.2, 0) is 6.18 Å². The minimum Gasteiger partial charge on any atom is -0.368 e. The number of nitrogens with zero attached hydrogens (tertiary/aromatic N) is 2. The van der Waals surface area contributed by atoms with Crippen molar-refractivity contribution >= 4 is 29.1 Å². The van der Waals surface area contributed by atoms with Gasteiger partial charge in [-0.15, -0.1) is 0 Å². The molecule has 0 atom stereocenters. The first kappa shape index (κ1) is 14.3. The Labute approximate surface area is 115 Å². The molecule has 2 rings (SSSR count). The van der Waals surface area contributed by atoms with Gasteiger partial charge in [0.25, 0.3) is 0 Å². The standard InChI is InChI=1S/C11H7ClF4N4/c12-5-1-2-8(6(3-5)11(14,15)16)19-9-7(13)4-18-10(17)20-9/h1-4H,(H3,17,18,19,20). The van der Waals surface area contributed by atoms with Gasteiger partial charge in [0.05, 0.1) is 17.4 Å². The van der Waals surface area contributed by atoms with Gasteiger partial charge < -0.3 is 11.1 Å². The molecule has 0 unspecified atom stereocenters. The number of nitrogens with one attached hydrogen (secondary N) is 1. The second-order valence-corrected chi connectivity index (χ2v) is 4.17. The lowest BCUT2D eigenvalue weighted by molar-refractivity contribution is -0.136. The summed E-state index contributed by atoms with van der Waals surface area (Å²) in [4.78, 5) is 6.87. The molecule has 0 aliphatic heterocycles. The molecule has 1 heterocycles. The number of aromatic nitrogens is 2. The van der Waals surface area contributed by atoms with Crippen molar-refractivity contribution in [2.75, 3.05) is 11.1 Å². The van der Waals surface area contributed by atoms with Crippen LogP contribution in [0.3, 0.4) is 0 Å². The summed E-state index contributed by atoms with van der Waals surface area (Å²) in [7, 11) is 0. The molecule has 3 N–H and O–H groups in total. The first-order valence-corrected chi connectivity index (χ1v) is 5.57. The smallest absolute Gasteiger partial charge is 0.368 e. The highest BCUT2D eigenvalue weighted by Gasteiger charge is 2.34. The summed E-state index contributed by atoms with van der Waals surface area (Å²) in [5.74, 6) is -1.65. The van der Waals surface area contributed by atoms with Gasteiger partial charge >= 0.3 is 6.18 Å². The van der Waals surface area contributed by atoms with E-state index in [1.54, 1.807) is 0 Å². The molecule has 20 heavy (non-hydrogen) atoms. The monoisotopic (exact) mass is 306 g/mol. The summed E-state index contributed by atoms with van der Waals surface area (Å²) in [6, 6.07) is 3.04. The van der Waals surface area contributed by atoms with E-state index in [2.05, 4.69) is 15.3 Å². The van der Waals surface area contributed by atoms with Gasteiger partial charge in [-0.25, -0.2) is 9.37 Å². The van der Waals surface area contributed by atoms with Gasteiger partial charge in [-0.3, -0.25) is 0 Å². The summed E-state index contributed by atoms with van der Waals surface area (Å²) in [5.41, 5.74) is 3.83. The maximum Gasteiger partial charge on any atom is 0.418 e. The van der Waals surface area contributed by atoms with E-state index in [0.29, 0.717) is 0 Å². The van der Waals surface area contributed by atoms with Crippen molar-refractivity contribution in [2.24, 2.45) is 0 Å². The Kier molecular flexibility index (Phi) is 3.67. The van der Waals surface area contributed by atoms with E-state index < -0.39 is 23.4 Å². The van der Waals surface area contributed by atoms with Gasteiger partial charge in [0.2, 0.25) is 5.95 Å². The molecule has 1 aromatic heterocycles. The van der Waals surface area contributed by atoms with E-state index >= 15 is 0 Å². The molecule has 0 saturated carbocycles. The molecule has 0 bridgehead atoms. The number of hydrogen-bond donors (Lipinski definition) is 2. The highest BCUT2D eigenvalue weighted by Crippen LogP contribution is 2.37. The molecule has 106 valence electrons. The first-order chi connectivity index (χ1) is 9.27. The van der Waals surface area contributed by atoms with Crippen LogP contribution in [-0.4, -0.2) is 9.97 Å². The van der Waals surface area contributed by atoms with Gasteiger partial charge in [-0.1, -0.05) is 11.6 Å². The average molecular weight is 307 g/mol. The Bertz CT molecular complexity index is 645. The maximum absolute atomic E-state index is 13.4. The van der Waals surface area contributed by atoms with Crippen molar-refractivity contribution in [3.05, 3.63) is 40.8 Å². The summed E-state index contributed by atoms with van der Waals surface area (Å²) >= 11 is 5.53. The summed E-state index contributed by atoms with van der Waals surface area (Å²) in [6.45, 7) is 0. The summed E-state index contributed by atoms with van der Waals surface area (Å²) in [5, 5.41) is 2.14. The van der Waals surface area contributed by atoms with Crippen molar-refractivity contribution in [2.45, 2.75) is 6.18 Å². The van der Waals surface area contributed by atoms with Gasteiger partial charge in [0, 0.05) is 5.02 Å². The fourth-order valence-corrected chi connectivity index (χ4v) is 1.63. The zero-order valence-electron chi connectivity index (χ0n) is 9.67. The van der Waals surface area contributed by atoms with Crippen LogP contribution in [0, 0.1) is 5.82 Å². The fourth-order valence-electron chi connectivity index (χ4n) is 1.46. The molecule has 0 fully saturated rings. The number of nitrogen functional groups attached to an aromatic ring is 1. The van der Waals surface area contributed by atoms with Gasteiger partial charge in [-0.05, 0) is 18.2 Å². The van der Waals surface area contributed by atoms with Crippen LogP contribution in [0.15, 0.2) is 24.4 Å². The zero-order chi connectivity index (χ0) is 14.9. The van der Waals surface area contributed by atoms with Crippen molar-refractivity contribution in [3.63, 3.8) is 0 Å². The van der Waals surface area contributed by atoms with Crippen LogP contribution in [0.5, 0.6) is 0 Å². The number of rotatable bonds is 2. The highest BCUT2D eigenvalue weighted by molar-refractivity contribution is 6.30. The van der Waals surface area contributed by atoms with Crippen molar-refractivity contribution in [3.8, 4) is 0 Å². The zero-order valence-corrected chi connectivity index (χ0v) is 10.4. The average Bonchev–Trinajstić information content (AvgIpc) is 2.34. The molecule has 0 aliphatic rings. The van der Waals surface area contributed by atoms with Crippen LogP contribution in [0.4, 0.5) is 35.0 Å². The fraction of sp³-hybridized carbons (Fsp3) is 0.0909. The van der Waals surface area contributed by atoms with Gasteiger partial charge in [0.15, 0.2) is 11.6 Å². The van der Waals surface area contributed by atoms with E-state index in [9.17, 15) is 17.6 Å². The molecule has 9 heteroatoms. The highest BCUT2D eigenvalue weighted by atomic mass is 35.5. The Balaban J connectivity index is 2.46. The summed E-state index contributed by atoms with van der Waals surface area (Å²) < 4.78 is 52.0. The number of halogens is 5. The lowest BCUT2D eigenvalue weighted by Crippen LogP contribution is -2.10. The molecule has 0 spiro atoms. The first-order valence-electron chi connectivity index (χ1n) is 5.19. The SMILES string of the molecule is Nc1ncc(F)c(Nc2ccc(Cl)cc2C(F)(F)F)n1. The molecule has 2 aromatic rings. The predicted octanol–water partition coefficient (Wildman–Crippen LogP) is 3.61. The van der Waals surface area contributed by atoms with Crippen molar-refractivity contribution in [1.29, 1.82) is 0 Å². The third-order valence-corrected chi connectivity index (χ3v) is 2.54. The quantitative estimate of drug-likeness (QED) is 0.832. The molecule has 1 aromatic carbocycles. The van der Waals surface area contributed by atoms with E-state index in [4.69, 9.17) is 17.3 Å². The van der Waals surface area contributed by atoms with Crippen LogP contribution < -0.4 is 11.1 Å². The Morgan fingerprint density at radius 2 is 1.95 bits per heavy atom. The van der Waals surface area contributed by atoms with E-state index in [1.165, 1.54) is 6.07 Å². The molecule has 0 radical (unpaired) electrons. The van der Waals surface area contributed by atoms with E-state index in [1.807, 2.05) is 0 Å². The molecule has 4 nitrogen and oxygen atoms in total. The van der Waals surface area contributed by atoms with Crippen molar-refractivity contribution < 1.29 is 17.6 Å². The third kappa shape index (κ3) is 3.08. The lowest BCUT2D eigenvalue weighted by atomic mass is 10.1. The molecule has 0 amide bonds. The Morgan fingerprint density at radius 1 is 1.25 bits per heavy atom. The normalized spacial score (nSPS) is 11.4.